The Morgan fingerprint density at radius 1 is 1.23 bits per heavy atom. The van der Waals surface area contributed by atoms with Crippen molar-refractivity contribution < 1.29 is 28.5 Å². The molecule has 39 heavy (non-hydrogen) atoms. The number of carbonyl (C=O) groups is 1. The number of hydrogen-bond acceptors (Lipinski definition) is 6. The summed E-state index contributed by atoms with van der Waals surface area (Å²) in [4.78, 5) is 19.2. The third-order valence-electron chi connectivity index (χ3n) is 8.14. The smallest absolute Gasteiger partial charge is 0.325 e. The number of fused-ring (bicyclic) bond motifs is 1. The Morgan fingerprint density at radius 3 is 2.87 bits per heavy atom. The van der Waals surface area contributed by atoms with Gasteiger partial charge in [0.15, 0.2) is 0 Å². The molecule has 0 amide bonds. The van der Waals surface area contributed by atoms with Gasteiger partial charge in [-0.25, -0.2) is 4.39 Å². The van der Waals surface area contributed by atoms with Gasteiger partial charge in [-0.2, -0.15) is 0 Å². The second kappa shape index (κ2) is 12.4. The number of halogens is 1. The number of benzene rings is 1. The van der Waals surface area contributed by atoms with Crippen LogP contribution in [0.1, 0.15) is 86.2 Å². The number of unbranched alkanes of at least 4 members (excludes halogenated alkanes) is 1. The fourth-order valence-electron chi connectivity index (χ4n) is 5.98. The molecule has 212 valence electrons. The fourth-order valence-corrected chi connectivity index (χ4v) is 5.98. The van der Waals surface area contributed by atoms with Crippen LogP contribution in [0.2, 0.25) is 0 Å². The lowest BCUT2D eigenvalue weighted by atomic mass is 9.94. The summed E-state index contributed by atoms with van der Waals surface area (Å²) in [5, 5.41) is 10.2. The molecule has 0 radical (unpaired) electrons. The number of pyridine rings is 1. The molecule has 3 aliphatic rings. The van der Waals surface area contributed by atoms with Crippen LogP contribution in [-0.4, -0.2) is 65.6 Å². The molecule has 0 saturated carbocycles. The Labute approximate surface area is 230 Å². The number of aryl methyl sites for hydroxylation is 3. The number of rotatable bonds is 10. The maximum atomic E-state index is 14.4. The van der Waals surface area contributed by atoms with Gasteiger partial charge >= 0.3 is 5.97 Å². The average Bonchev–Trinajstić information content (AvgIpc) is 3.37. The summed E-state index contributed by atoms with van der Waals surface area (Å²) < 4.78 is 32.4. The van der Waals surface area contributed by atoms with Gasteiger partial charge in [0.2, 0.25) is 0 Å². The van der Waals surface area contributed by atoms with Crippen LogP contribution in [0.25, 0.3) is 0 Å². The summed E-state index contributed by atoms with van der Waals surface area (Å²) in [7, 11) is 0. The molecule has 1 aromatic heterocycles. The highest BCUT2D eigenvalue weighted by atomic mass is 19.1. The number of likely N-dealkylation sites (tertiary alicyclic amines) is 1. The quantitative estimate of drug-likeness (QED) is 0.415. The van der Waals surface area contributed by atoms with Crippen LogP contribution in [0.5, 0.6) is 0 Å². The maximum Gasteiger partial charge on any atom is 0.325 e. The maximum absolute atomic E-state index is 14.4. The van der Waals surface area contributed by atoms with Crippen LogP contribution >= 0.6 is 0 Å². The van der Waals surface area contributed by atoms with Crippen molar-refractivity contribution in [2.24, 2.45) is 0 Å². The Morgan fingerprint density at radius 2 is 2.08 bits per heavy atom. The molecule has 1 aromatic carbocycles. The number of hydrogen-bond donors (Lipinski definition) is 1. The van der Waals surface area contributed by atoms with Gasteiger partial charge in [-0.1, -0.05) is 12.1 Å². The first-order valence-corrected chi connectivity index (χ1v) is 14.4. The van der Waals surface area contributed by atoms with Gasteiger partial charge in [0, 0.05) is 31.1 Å². The number of ether oxygens (including phenoxy) is 3. The number of aliphatic carboxylic acids is 1. The van der Waals surface area contributed by atoms with E-state index in [0.29, 0.717) is 44.0 Å². The largest absolute Gasteiger partial charge is 0.480 e. The van der Waals surface area contributed by atoms with Crippen LogP contribution in [0.4, 0.5) is 4.39 Å². The van der Waals surface area contributed by atoms with Crippen molar-refractivity contribution in [2.75, 3.05) is 32.9 Å². The monoisotopic (exact) mass is 540 g/mol. The van der Waals surface area contributed by atoms with E-state index in [1.54, 1.807) is 6.07 Å². The van der Waals surface area contributed by atoms with Crippen LogP contribution < -0.4 is 0 Å². The molecule has 7 nitrogen and oxygen atoms in total. The molecule has 2 unspecified atom stereocenters. The van der Waals surface area contributed by atoms with Crippen molar-refractivity contribution in [3.8, 4) is 0 Å². The first-order chi connectivity index (χ1) is 18.8. The molecule has 3 heterocycles. The molecular weight excluding hydrogens is 499 g/mol. The highest BCUT2D eigenvalue weighted by Crippen LogP contribution is 2.36. The topological polar surface area (TPSA) is 81.1 Å². The zero-order chi connectivity index (χ0) is 27.4. The van der Waals surface area contributed by atoms with E-state index < -0.39 is 29.5 Å². The molecule has 5 rings (SSSR count). The van der Waals surface area contributed by atoms with Gasteiger partial charge in [-0.3, -0.25) is 14.7 Å². The second-order valence-corrected chi connectivity index (χ2v) is 11.7. The van der Waals surface area contributed by atoms with Gasteiger partial charge in [0.1, 0.15) is 18.0 Å². The molecule has 2 saturated heterocycles. The third-order valence-corrected chi connectivity index (χ3v) is 8.14. The first kappa shape index (κ1) is 28.1. The van der Waals surface area contributed by atoms with Crippen molar-refractivity contribution in [3.63, 3.8) is 0 Å². The van der Waals surface area contributed by atoms with Crippen LogP contribution in [0.15, 0.2) is 30.3 Å². The summed E-state index contributed by atoms with van der Waals surface area (Å²) in [6, 6.07) is 7.76. The molecule has 8 heteroatoms. The number of aromatic nitrogens is 1. The third kappa shape index (κ3) is 7.04. The lowest BCUT2D eigenvalue weighted by molar-refractivity contribution is -0.177. The van der Waals surface area contributed by atoms with Crippen molar-refractivity contribution >= 4 is 5.97 Å². The summed E-state index contributed by atoms with van der Waals surface area (Å²) >= 11 is 0. The van der Waals surface area contributed by atoms with E-state index in [1.807, 2.05) is 18.7 Å². The van der Waals surface area contributed by atoms with Gasteiger partial charge in [0.05, 0.1) is 24.9 Å². The summed E-state index contributed by atoms with van der Waals surface area (Å²) in [5.41, 5.74) is 4.54. The summed E-state index contributed by atoms with van der Waals surface area (Å²) in [6.07, 6.45) is 7.91. The molecule has 0 spiro atoms. The molecular formula is C31H41FN2O5. The van der Waals surface area contributed by atoms with Crippen molar-refractivity contribution in [1.29, 1.82) is 0 Å². The van der Waals surface area contributed by atoms with Gasteiger partial charge in [0.25, 0.3) is 0 Å². The van der Waals surface area contributed by atoms with Crippen molar-refractivity contribution in [1.82, 2.24) is 9.88 Å². The number of carboxylic acid groups (broad SMARTS) is 1. The van der Waals surface area contributed by atoms with E-state index in [4.69, 9.17) is 19.2 Å². The predicted molar refractivity (Wildman–Crippen MR) is 145 cm³/mol. The highest BCUT2D eigenvalue weighted by molar-refractivity contribution is 5.76. The lowest BCUT2D eigenvalue weighted by Crippen LogP contribution is -2.40. The van der Waals surface area contributed by atoms with Crippen molar-refractivity contribution in [3.05, 3.63) is 64.2 Å². The minimum atomic E-state index is -1.00. The van der Waals surface area contributed by atoms with E-state index >= 15 is 0 Å². The Balaban J connectivity index is 1.14. The van der Waals surface area contributed by atoms with Crippen molar-refractivity contribution in [2.45, 2.75) is 89.1 Å². The highest BCUT2D eigenvalue weighted by Gasteiger charge is 2.38. The molecule has 1 N–H and O–H groups in total. The zero-order valence-electron chi connectivity index (χ0n) is 23.2. The van der Waals surface area contributed by atoms with Gasteiger partial charge in [-0.15, -0.1) is 0 Å². The molecule has 2 aliphatic heterocycles. The molecule has 1 aliphatic carbocycles. The molecule has 3 atom stereocenters. The van der Waals surface area contributed by atoms with Crippen LogP contribution in [0.3, 0.4) is 0 Å². The molecule has 2 fully saturated rings. The Bertz CT molecular complexity index is 1150. The summed E-state index contributed by atoms with van der Waals surface area (Å²) in [5.74, 6) is -1.46. The van der Waals surface area contributed by atoms with E-state index in [9.17, 15) is 14.3 Å². The summed E-state index contributed by atoms with van der Waals surface area (Å²) in [6.45, 7) is 6.28. The Kier molecular flexibility index (Phi) is 8.96. The molecule has 0 bridgehead atoms. The van der Waals surface area contributed by atoms with E-state index in [0.717, 1.165) is 44.2 Å². The minimum Gasteiger partial charge on any atom is -0.480 e. The minimum absolute atomic E-state index is 0.0409. The predicted octanol–water partition coefficient (Wildman–Crippen LogP) is 5.21. The first-order valence-electron chi connectivity index (χ1n) is 14.4. The van der Waals surface area contributed by atoms with Crippen LogP contribution in [0, 0.1) is 5.82 Å². The second-order valence-electron chi connectivity index (χ2n) is 11.7. The molecule has 2 aromatic rings. The van der Waals surface area contributed by atoms with Gasteiger partial charge in [-0.05, 0) is 100 Å². The van der Waals surface area contributed by atoms with E-state index in [1.165, 1.54) is 36.2 Å². The normalized spacial score (nSPS) is 23.9. The zero-order valence-corrected chi connectivity index (χ0v) is 23.2. The van der Waals surface area contributed by atoms with E-state index in [-0.39, 0.29) is 6.10 Å². The average molecular weight is 541 g/mol. The van der Waals surface area contributed by atoms with E-state index in [2.05, 4.69) is 12.1 Å². The van der Waals surface area contributed by atoms with Gasteiger partial charge < -0.3 is 19.3 Å². The Hall–Kier alpha value is -2.39. The SMILES string of the molecule is CC1(C)COC(c2ccc(F)cc2C(C(=O)O)N2CC[C@@H](OCCCCc3ccc4c(n3)CCCC4)C2)CO1. The lowest BCUT2D eigenvalue weighted by Gasteiger charge is -2.36. The number of nitrogens with zero attached hydrogens (tertiary/aromatic N) is 2. The standard InChI is InChI=1S/C31H41FN2O5/c1-31(2)20-38-28(19-39-31)25-13-11-22(32)17-26(25)29(30(35)36)34-15-14-24(18-34)37-16-6-5-8-23-12-10-21-7-3-4-9-27(21)33-23/h10-13,17,24,28-29H,3-9,14-16,18-20H2,1-2H3,(H,35,36)/t24-,28?,29?/m1/s1. The van der Waals surface area contributed by atoms with Crippen LogP contribution in [-0.2, 0) is 38.3 Å². The fraction of sp³-hybridized carbons (Fsp3) is 0.613. The number of carboxylic acids is 1.